The van der Waals surface area contributed by atoms with Crippen molar-refractivity contribution in [2.24, 2.45) is 0 Å². The summed E-state index contributed by atoms with van der Waals surface area (Å²) >= 11 is 0. The third-order valence-corrected chi connectivity index (χ3v) is 8.02. The molecule has 0 bridgehead atoms. The SMILES string of the molecule is C.CC(C)(C)c1ccc(NC2CCN(CCC(=O)N3CCC(Nc4ccc(C#N)c(C(F)(F)F)c4)CC3)CC2)cc1. The number of likely N-dealkylation sites (tertiary alicyclic amines) is 2. The van der Waals surface area contributed by atoms with Crippen LogP contribution in [0, 0.1) is 11.3 Å². The van der Waals surface area contributed by atoms with Crippen LogP contribution in [0.3, 0.4) is 0 Å². The number of hydrogen-bond donors (Lipinski definition) is 2. The molecule has 2 aromatic rings. The Labute approximate surface area is 242 Å². The van der Waals surface area contributed by atoms with Gasteiger partial charge in [-0.2, -0.15) is 18.4 Å². The Hall–Kier alpha value is -3.25. The Morgan fingerprint density at radius 3 is 1.98 bits per heavy atom. The lowest BCUT2D eigenvalue weighted by atomic mass is 9.87. The summed E-state index contributed by atoms with van der Waals surface area (Å²) in [6.45, 7) is 10.5. The first kappa shape index (κ1) is 32.3. The molecule has 2 aliphatic heterocycles. The first-order chi connectivity index (χ1) is 18.9. The molecule has 2 aliphatic rings. The molecule has 2 heterocycles. The standard InChI is InChI=1S/C31H40F3N5O.CH4/c1-30(2,3)23-5-8-24(9-6-23)36-25-10-15-38(16-11-25)17-14-29(40)39-18-12-26(13-19-39)37-27-7-4-22(21-35)28(20-27)31(32,33)34;/h4-9,20,25-26,36-37H,10-19H2,1-3H3;1H4. The lowest BCUT2D eigenvalue weighted by molar-refractivity contribution is -0.137. The Kier molecular flexibility index (Phi) is 10.7. The Morgan fingerprint density at radius 2 is 1.44 bits per heavy atom. The highest BCUT2D eigenvalue weighted by atomic mass is 19.4. The van der Waals surface area contributed by atoms with Crippen LogP contribution in [0.1, 0.15) is 77.0 Å². The van der Waals surface area contributed by atoms with Crippen LogP contribution in [0.15, 0.2) is 42.5 Å². The number of rotatable bonds is 7. The second kappa shape index (κ2) is 13.6. The van der Waals surface area contributed by atoms with Gasteiger partial charge in [0.2, 0.25) is 5.91 Å². The molecule has 1 amide bonds. The molecule has 0 radical (unpaired) electrons. The molecule has 0 unspecified atom stereocenters. The van der Waals surface area contributed by atoms with E-state index >= 15 is 0 Å². The molecule has 2 fully saturated rings. The Balaban J connectivity index is 0.00000462. The minimum Gasteiger partial charge on any atom is -0.382 e. The Morgan fingerprint density at radius 1 is 0.902 bits per heavy atom. The number of halogens is 3. The van der Waals surface area contributed by atoms with Crippen molar-refractivity contribution in [2.75, 3.05) is 43.4 Å². The number of piperidine rings is 2. The highest BCUT2D eigenvalue weighted by Gasteiger charge is 2.34. The largest absolute Gasteiger partial charge is 0.417 e. The van der Waals surface area contributed by atoms with Gasteiger partial charge in [-0.05, 0) is 67.0 Å². The van der Waals surface area contributed by atoms with E-state index in [0.29, 0.717) is 44.1 Å². The lowest BCUT2D eigenvalue weighted by Gasteiger charge is -2.35. The number of nitriles is 1. The van der Waals surface area contributed by atoms with Crippen molar-refractivity contribution < 1.29 is 18.0 Å². The van der Waals surface area contributed by atoms with Crippen LogP contribution in [0.5, 0.6) is 0 Å². The minimum absolute atomic E-state index is 0. The maximum atomic E-state index is 13.3. The van der Waals surface area contributed by atoms with Crippen molar-refractivity contribution in [2.45, 2.75) is 84.0 Å². The third kappa shape index (κ3) is 8.87. The number of nitrogens with one attached hydrogen (secondary N) is 2. The second-order valence-electron chi connectivity index (χ2n) is 12.0. The van der Waals surface area contributed by atoms with Crippen molar-refractivity contribution in [3.8, 4) is 6.07 Å². The molecule has 0 saturated carbocycles. The van der Waals surface area contributed by atoms with Crippen LogP contribution in [-0.2, 0) is 16.4 Å². The average molecular weight is 572 g/mol. The molecule has 0 aromatic heterocycles. The zero-order valence-corrected chi connectivity index (χ0v) is 23.7. The smallest absolute Gasteiger partial charge is 0.382 e. The first-order valence-corrected chi connectivity index (χ1v) is 14.2. The summed E-state index contributed by atoms with van der Waals surface area (Å²) in [7, 11) is 0. The van der Waals surface area contributed by atoms with Gasteiger partial charge in [-0.25, -0.2) is 0 Å². The number of carbonyl (C=O) groups excluding carboxylic acids is 1. The number of carbonyl (C=O) groups is 1. The number of amides is 1. The average Bonchev–Trinajstić information content (AvgIpc) is 2.92. The molecule has 2 saturated heterocycles. The lowest BCUT2D eigenvalue weighted by Crippen LogP contribution is -2.44. The molecule has 9 heteroatoms. The molecular weight excluding hydrogens is 527 g/mol. The van der Waals surface area contributed by atoms with Crippen LogP contribution in [0.25, 0.3) is 0 Å². The molecule has 0 atom stereocenters. The maximum absolute atomic E-state index is 13.3. The van der Waals surface area contributed by atoms with Crippen molar-refractivity contribution >= 4 is 17.3 Å². The van der Waals surface area contributed by atoms with E-state index in [1.165, 1.54) is 17.7 Å². The molecule has 4 rings (SSSR count). The topological polar surface area (TPSA) is 71.4 Å². The molecular formula is C32H44F3N5O. The summed E-state index contributed by atoms with van der Waals surface area (Å²) in [5.41, 5.74) is 1.65. The first-order valence-electron chi connectivity index (χ1n) is 14.2. The maximum Gasteiger partial charge on any atom is 0.417 e. The van der Waals surface area contributed by atoms with Gasteiger partial charge in [0, 0.05) is 62.6 Å². The van der Waals surface area contributed by atoms with Crippen molar-refractivity contribution in [1.82, 2.24) is 9.80 Å². The van der Waals surface area contributed by atoms with Crippen LogP contribution < -0.4 is 10.6 Å². The Bertz CT molecular complexity index is 1180. The van der Waals surface area contributed by atoms with E-state index in [0.717, 1.165) is 44.2 Å². The molecule has 0 aliphatic carbocycles. The van der Waals surface area contributed by atoms with Gasteiger partial charge in [0.05, 0.1) is 17.2 Å². The molecule has 2 N–H and O–H groups in total. The number of hydrogen-bond acceptors (Lipinski definition) is 5. The van der Waals surface area contributed by atoms with E-state index in [4.69, 9.17) is 5.26 Å². The van der Waals surface area contributed by atoms with E-state index < -0.39 is 11.7 Å². The van der Waals surface area contributed by atoms with E-state index in [9.17, 15) is 18.0 Å². The van der Waals surface area contributed by atoms with E-state index in [1.54, 1.807) is 6.07 Å². The van der Waals surface area contributed by atoms with Crippen molar-refractivity contribution in [1.29, 1.82) is 5.26 Å². The number of alkyl halides is 3. The monoisotopic (exact) mass is 571 g/mol. The normalized spacial score (nSPS) is 17.4. The zero-order valence-electron chi connectivity index (χ0n) is 23.7. The van der Waals surface area contributed by atoms with Gasteiger partial charge in [0.15, 0.2) is 0 Å². The van der Waals surface area contributed by atoms with Gasteiger partial charge in [-0.15, -0.1) is 0 Å². The summed E-state index contributed by atoms with van der Waals surface area (Å²) in [6, 6.07) is 14.4. The zero-order chi connectivity index (χ0) is 28.9. The fraction of sp³-hybridized carbons (Fsp3) is 0.562. The predicted molar refractivity (Wildman–Crippen MR) is 159 cm³/mol. The van der Waals surface area contributed by atoms with E-state index in [-0.39, 0.29) is 30.4 Å². The van der Waals surface area contributed by atoms with Crippen LogP contribution in [0.4, 0.5) is 24.5 Å². The second-order valence-corrected chi connectivity index (χ2v) is 12.0. The van der Waals surface area contributed by atoms with Gasteiger partial charge in [-0.3, -0.25) is 4.79 Å². The van der Waals surface area contributed by atoms with Gasteiger partial charge in [0.25, 0.3) is 0 Å². The quantitative estimate of drug-likeness (QED) is 0.379. The summed E-state index contributed by atoms with van der Waals surface area (Å²) < 4.78 is 39.8. The third-order valence-electron chi connectivity index (χ3n) is 8.02. The van der Waals surface area contributed by atoms with Crippen LogP contribution >= 0.6 is 0 Å². The molecule has 2 aromatic carbocycles. The van der Waals surface area contributed by atoms with Crippen LogP contribution in [0.2, 0.25) is 0 Å². The highest BCUT2D eigenvalue weighted by molar-refractivity contribution is 5.76. The highest BCUT2D eigenvalue weighted by Crippen LogP contribution is 2.34. The fourth-order valence-corrected chi connectivity index (χ4v) is 5.49. The molecule has 0 spiro atoms. The van der Waals surface area contributed by atoms with Crippen molar-refractivity contribution in [3.63, 3.8) is 0 Å². The van der Waals surface area contributed by atoms with Gasteiger partial charge in [-0.1, -0.05) is 40.3 Å². The molecule has 224 valence electrons. The molecule has 41 heavy (non-hydrogen) atoms. The summed E-state index contributed by atoms with van der Waals surface area (Å²) in [5, 5.41) is 15.8. The predicted octanol–water partition coefficient (Wildman–Crippen LogP) is 6.88. The summed E-state index contributed by atoms with van der Waals surface area (Å²) in [6.07, 6.45) is -0.686. The van der Waals surface area contributed by atoms with Crippen molar-refractivity contribution in [3.05, 3.63) is 59.2 Å². The fourth-order valence-electron chi connectivity index (χ4n) is 5.49. The summed E-state index contributed by atoms with van der Waals surface area (Å²) in [5.74, 6) is 0.135. The minimum atomic E-state index is -4.58. The molecule has 6 nitrogen and oxygen atoms in total. The van der Waals surface area contributed by atoms with Gasteiger partial charge < -0.3 is 20.4 Å². The summed E-state index contributed by atoms with van der Waals surface area (Å²) in [4.78, 5) is 17.1. The number of benzene rings is 2. The van der Waals surface area contributed by atoms with E-state index in [2.05, 4.69) is 60.6 Å². The van der Waals surface area contributed by atoms with Crippen LogP contribution in [-0.4, -0.2) is 60.5 Å². The number of nitrogens with zero attached hydrogens (tertiary/aromatic N) is 3. The van der Waals surface area contributed by atoms with Gasteiger partial charge in [0.1, 0.15) is 0 Å². The van der Waals surface area contributed by atoms with E-state index in [1.807, 2.05) is 4.90 Å². The van der Waals surface area contributed by atoms with Gasteiger partial charge >= 0.3 is 6.18 Å². The number of anilines is 2.